The van der Waals surface area contributed by atoms with E-state index in [0.717, 1.165) is 11.3 Å². The third kappa shape index (κ3) is 3.89. The molecule has 25 heavy (non-hydrogen) atoms. The van der Waals surface area contributed by atoms with Crippen molar-refractivity contribution < 1.29 is 17.9 Å². The second-order valence-electron chi connectivity index (χ2n) is 5.67. The second-order valence-corrected chi connectivity index (χ2v) is 9.12. The summed E-state index contributed by atoms with van der Waals surface area (Å²) in [7, 11) is -3.44. The molecular formula is C17H18ClNO4S2. The molecule has 5 nitrogen and oxygen atoms in total. The number of sulfone groups is 1. The summed E-state index contributed by atoms with van der Waals surface area (Å²) in [5.74, 6) is -0.298. The van der Waals surface area contributed by atoms with Crippen molar-refractivity contribution in [3.05, 3.63) is 39.7 Å². The lowest BCUT2D eigenvalue weighted by Gasteiger charge is -2.16. The molecule has 2 aromatic rings. The first kappa shape index (κ1) is 18.4. The van der Waals surface area contributed by atoms with Crippen LogP contribution in [0.5, 0.6) is 0 Å². The third-order valence-corrected chi connectivity index (χ3v) is 7.00. The number of benzene rings is 1. The molecule has 1 aliphatic rings. The van der Waals surface area contributed by atoms with Crippen molar-refractivity contribution in [2.24, 2.45) is 0 Å². The smallest absolute Gasteiger partial charge is 0.261 e. The first-order chi connectivity index (χ1) is 11.9. The Morgan fingerprint density at radius 2 is 2.16 bits per heavy atom. The van der Waals surface area contributed by atoms with E-state index in [-0.39, 0.29) is 16.6 Å². The predicted octanol–water partition coefficient (Wildman–Crippen LogP) is 3.51. The Kier molecular flexibility index (Phi) is 5.48. The Balaban J connectivity index is 1.82. The van der Waals surface area contributed by atoms with Crippen molar-refractivity contribution in [3.8, 4) is 10.4 Å². The van der Waals surface area contributed by atoms with Gasteiger partial charge in [-0.2, -0.15) is 0 Å². The van der Waals surface area contributed by atoms with E-state index < -0.39 is 9.84 Å². The van der Waals surface area contributed by atoms with Gasteiger partial charge in [0, 0.05) is 35.2 Å². The number of ether oxygens (including phenoxy) is 1. The first-order valence-corrected chi connectivity index (χ1v) is 10.8. The Morgan fingerprint density at radius 3 is 2.92 bits per heavy atom. The summed E-state index contributed by atoms with van der Waals surface area (Å²) >= 11 is 7.25. The highest BCUT2D eigenvalue weighted by Gasteiger charge is 2.31. The summed E-state index contributed by atoms with van der Waals surface area (Å²) in [4.78, 5) is 13.9. The van der Waals surface area contributed by atoms with Crippen LogP contribution >= 0.6 is 22.9 Å². The molecule has 0 unspecified atom stereocenters. The van der Waals surface area contributed by atoms with Gasteiger partial charge in [0.05, 0.1) is 15.5 Å². The number of thiophene rings is 1. The van der Waals surface area contributed by atoms with Crippen LogP contribution in [0.15, 0.2) is 29.2 Å². The molecule has 1 aliphatic heterocycles. The molecule has 8 heteroatoms. The van der Waals surface area contributed by atoms with Gasteiger partial charge in [0.1, 0.15) is 0 Å². The fourth-order valence-electron chi connectivity index (χ4n) is 2.71. The molecule has 0 atom stereocenters. The van der Waals surface area contributed by atoms with E-state index >= 15 is 0 Å². The second kappa shape index (κ2) is 7.45. The van der Waals surface area contributed by atoms with Crippen molar-refractivity contribution in [3.63, 3.8) is 0 Å². The van der Waals surface area contributed by atoms with Gasteiger partial charge in [-0.25, -0.2) is 8.42 Å². The lowest BCUT2D eigenvalue weighted by Crippen LogP contribution is -2.24. The topological polar surface area (TPSA) is 72.5 Å². The number of fused-ring (bicyclic) bond motifs is 3. The highest BCUT2D eigenvalue weighted by atomic mass is 35.5. The monoisotopic (exact) mass is 399 g/mol. The van der Waals surface area contributed by atoms with Crippen molar-refractivity contribution in [2.45, 2.75) is 24.0 Å². The van der Waals surface area contributed by atoms with Gasteiger partial charge in [0.15, 0.2) is 9.84 Å². The number of amides is 1. The minimum atomic E-state index is -3.44. The van der Waals surface area contributed by atoms with Crippen molar-refractivity contribution in [2.75, 3.05) is 19.8 Å². The summed E-state index contributed by atoms with van der Waals surface area (Å²) in [6.07, 6.45) is 0.736. The number of carbonyl (C=O) groups is 1. The molecule has 134 valence electrons. The molecular weight excluding hydrogens is 382 g/mol. The number of hydrogen-bond acceptors (Lipinski definition) is 5. The zero-order valence-electron chi connectivity index (χ0n) is 13.7. The number of halogens is 1. The van der Waals surface area contributed by atoms with Crippen molar-refractivity contribution in [1.82, 2.24) is 5.32 Å². The van der Waals surface area contributed by atoms with Gasteiger partial charge in [0.2, 0.25) is 0 Å². The maximum absolute atomic E-state index is 12.5. The molecule has 0 spiro atoms. The SMILES string of the molecule is CCOCCCNC(=O)c1cc2c(s1)-c1ccc(Cl)cc1S(=O)(=O)C2. The van der Waals surface area contributed by atoms with E-state index in [0.29, 0.717) is 40.8 Å². The normalized spacial score (nSPS) is 14.6. The number of nitrogens with one attached hydrogen (secondary N) is 1. The number of hydrogen-bond donors (Lipinski definition) is 1. The summed E-state index contributed by atoms with van der Waals surface area (Å²) in [6, 6.07) is 6.51. The average molecular weight is 400 g/mol. The predicted molar refractivity (Wildman–Crippen MR) is 99.1 cm³/mol. The zero-order valence-corrected chi connectivity index (χ0v) is 16.1. The van der Waals surface area contributed by atoms with Crippen molar-refractivity contribution >= 4 is 38.7 Å². The van der Waals surface area contributed by atoms with Gasteiger partial charge in [-0.15, -0.1) is 11.3 Å². The molecule has 3 rings (SSSR count). The van der Waals surface area contributed by atoms with Crippen LogP contribution in [0.4, 0.5) is 0 Å². The van der Waals surface area contributed by atoms with Crippen molar-refractivity contribution in [1.29, 1.82) is 0 Å². The third-order valence-electron chi connectivity index (χ3n) is 3.86. The standard InChI is InChI=1S/C17H18ClNO4S2/c1-2-23-7-3-6-19-17(20)14-8-11-10-25(21,22)15-9-12(18)4-5-13(15)16(11)24-14/h4-5,8-9H,2-3,6-7,10H2,1H3,(H,19,20). The van der Waals surface area contributed by atoms with E-state index in [1.54, 1.807) is 18.2 Å². The minimum absolute atomic E-state index is 0.107. The highest BCUT2D eigenvalue weighted by Crippen LogP contribution is 2.43. The molecule has 1 aromatic carbocycles. The van der Waals surface area contributed by atoms with Crippen LogP contribution in [0.1, 0.15) is 28.6 Å². The van der Waals surface area contributed by atoms with Gasteiger partial charge in [-0.1, -0.05) is 17.7 Å². The Bertz CT molecular complexity index is 905. The molecule has 1 N–H and O–H groups in total. The summed E-state index contributed by atoms with van der Waals surface area (Å²) in [6.45, 7) is 3.70. The lowest BCUT2D eigenvalue weighted by molar-refractivity contribution is 0.0948. The first-order valence-electron chi connectivity index (χ1n) is 7.93. The molecule has 0 fully saturated rings. The van der Waals surface area contributed by atoms with Gasteiger partial charge < -0.3 is 10.1 Å². The molecule has 0 bridgehead atoms. The van der Waals surface area contributed by atoms with E-state index in [9.17, 15) is 13.2 Å². The number of carbonyl (C=O) groups excluding carboxylic acids is 1. The fraction of sp³-hybridized carbons (Fsp3) is 0.353. The van der Waals surface area contributed by atoms with Crippen LogP contribution in [0, 0.1) is 0 Å². The maximum Gasteiger partial charge on any atom is 0.261 e. The van der Waals surface area contributed by atoms with Crippen LogP contribution in [-0.4, -0.2) is 34.1 Å². The molecule has 0 radical (unpaired) electrons. The van der Waals surface area contributed by atoms with E-state index in [2.05, 4.69) is 5.32 Å². The van der Waals surface area contributed by atoms with Gasteiger partial charge in [-0.3, -0.25) is 4.79 Å². The lowest BCUT2D eigenvalue weighted by atomic mass is 10.1. The molecule has 1 aromatic heterocycles. The van der Waals surface area contributed by atoms with E-state index in [1.807, 2.05) is 6.92 Å². The Labute approximate surface area is 155 Å². The van der Waals surface area contributed by atoms with Gasteiger partial charge in [0.25, 0.3) is 5.91 Å². The van der Waals surface area contributed by atoms with Crippen LogP contribution < -0.4 is 5.32 Å². The largest absolute Gasteiger partial charge is 0.382 e. The molecule has 1 amide bonds. The molecule has 0 aliphatic carbocycles. The Morgan fingerprint density at radius 1 is 1.36 bits per heavy atom. The summed E-state index contributed by atoms with van der Waals surface area (Å²) in [5, 5.41) is 3.23. The van der Waals surface area contributed by atoms with Crippen LogP contribution in [0.3, 0.4) is 0 Å². The van der Waals surface area contributed by atoms with Crippen LogP contribution in [-0.2, 0) is 20.3 Å². The zero-order chi connectivity index (χ0) is 18.0. The van der Waals surface area contributed by atoms with E-state index in [4.69, 9.17) is 16.3 Å². The average Bonchev–Trinajstić information content (AvgIpc) is 2.98. The Hall–Kier alpha value is -1.41. The van der Waals surface area contributed by atoms with E-state index in [1.165, 1.54) is 17.4 Å². The molecule has 0 saturated carbocycles. The summed E-state index contributed by atoms with van der Waals surface area (Å²) < 4.78 is 30.2. The highest BCUT2D eigenvalue weighted by molar-refractivity contribution is 7.91. The quantitative estimate of drug-likeness (QED) is 0.754. The molecule has 0 saturated heterocycles. The maximum atomic E-state index is 12.5. The fourth-order valence-corrected chi connectivity index (χ4v) is 5.84. The minimum Gasteiger partial charge on any atom is -0.382 e. The number of rotatable bonds is 6. The van der Waals surface area contributed by atoms with Crippen LogP contribution in [0.25, 0.3) is 10.4 Å². The van der Waals surface area contributed by atoms with Gasteiger partial charge in [-0.05, 0) is 37.1 Å². The summed E-state index contributed by atoms with van der Waals surface area (Å²) in [5.41, 5.74) is 1.28. The molecule has 2 heterocycles. The van der Waals surface area contributed by atoms with Crippen LogP contribution in [0.2, 0.25) is 5.02 Å². The van der Waals surface area contributed by atoms with Gasteiger partial charge >= 0.3 is 0 Å².